The maximum absolute atomic E-state index is 15.2. The Labute approximate surface area is 246 Å². The molecular weight excluding hydrogens is 553 g/mol. The molecule has 1 aliphatic rings. The monoisotopic (exact) mass is 587 g/mol. The zero-order chi connectivity index (χ0) is 29.5. The van der Waals surface area contributed by atoms with E-state index in [4.69, 9.17) is 0 Å². The van der Waals surface area contributed by atoms with Crippen molar-refractivity contribution in [2.24, 2.45) is 0 Å². The van der Waals surface area contributed by atoms with E-state index in [9.17, 15) is 18.3 Å². The number of carbonyl (C=O) groups excluding carboxylic acids is 1. The third-order valence-corrected chi connectivity index (χ3v) is 9.62. The number of hydrogen-bond donors (Lipinski definition) is 3. The van der Waals surface area contributed by atoms with Gasteiger partial charge in [0.05, 0.1) is 4.90 Å². The van der Waals surface area contributed by atoms with Gasteiger partial charge in [-0.3, -0.25) is 4.79 Å². The number of carbonyl (C=O) groups is 1. The smallest absolute Gasteiger partial charge is 0.254 e. The minimum Gasteiger partial charge on any atom is -0.382 e. The number of aliphatic hydroxyl groups excluding tert-OH is 1. The molecule has 0 spiro atoms. The number of hydrogen-bond acceptors (Lipinski definition) is 5. The van der Waals surface area contributed by atoms with E-state index >= 15 is 4.39 Å². The average Bonchev–Trinajstić information content (AvgIpc) is 3.02. The quantitative estimate of drug-likeness (QED) is 0.253. The van der Waals surface area contributed by atoms with E-state index in [-0.39, 0.29) is 22.6 Å². The average molecular weight is 588 g/mol. The summed E-state index contributed by atoms with van der Waals surface area (Å²) in [6, 6.07) is 30.8. The van der Waals surface area contributed by atoms with Crippen LogP contribution in [-0.4, -0.2) is 55.5 Å². The number of piperazine rings is 1. The molecule has 4 aromatic rings. The molecule has 5 rings (SSSR count). The molecule has 3 N–H and O–H groups in total. The summed E-state index contributed by atoms with van der Waals surface area (Å²) in [6.45, 7) is 1.25. The normalized spacial score (nSPS) is 16.7. The summed E-state index contributed by atoms with van der Waals surface area (Å²) >= 11 is 0. The zero-order valence-electron chi connectivity index (χ0n) is 23.1. The van der Waals surface area contributed by atoms with E-state index in [1.807, 2.05) is 60.7 Å². The Morgan fingerprint density at radius 1 is 0.905 bits per heavy atom. The van der Waals surface area contributed by atoms with Crippen LogP contribution in [0.4, 0.5) is 10.1 Å². The van der Waals surface area contributed by atoms with Crippen LogP contribution in [0.15, 0.2) is 114 Å². The predicted molar refractivity (Wildman–Crippen MR) is 161 cm³/mol. The van der Waals surface area contributed by atoms with E-state index in [1.165, 1.54) is 16.4 Å². The lowest BCUT2D eigenvalue weighted by molar-refractivity contribution is -0.124. The van der Waals surface area contributed by atoms with Crippen LogP contribution in [0.3, 0.4) is 0 Å². The Bertz CT molecular complexity index is 1550. The van der Waals surface area contributed by atoms with Gasteiger partial charge in [0.1, 0.15) is 11.9 Å². The van der Waals surface area contributed by atoms with E-state index in [0.717, 1.165) is 11.1 Å². The fourth-order valence-corrected chi connectivity index (χ4v) is 7.19. The summed E-state index contributed by atoms with van der Waals surface area (Å²) < 4.78 is 43.5. The summed E-state index contributed by atoms with van der Waals surface area (Å²) in [5, 5.41) is 17.3. The number of nitrogens with one attached hydrogen (secondary N) is 2. The number of anilines is 1. The van der Waals surface area contributed by atoms with Gasteiger partial charge in [-0.05, 0) is 48.2 Å². The molecule has 0 aromatic heterocycles. The Balaban J connectivity index is 1.35. The number of aliphatic hydroxyl groups is 1. The van der Waals surface area contributed by atoms with Crippen molar-refractivity contribution in [3.63, 3.8) is 0 Å². The summed E-state index contributed by atoms with van der Waals surface area (Å²) in [5.41, 5.74) is 2.06. The van der Waals surface area contributed by atoms with Crippen molar-refractivity contribution < 1.29 is 22.7 Å². The Hall–Kier alpha value is -3.89. The first-order chi connectivity index (χ1) is 20.4. The van der Waals surface area contributed by atoms with Crippen molar-refractivity contribution in [2.45, 2.75) is 35.8 Å². The van der Waals surface area contributed by atoms with Gasteiger partial charge in [0.15, 0.2) is 0 Å². The molecule has 0 radical (unpaired) electrons. The van der Waals surface area contributed by atoms with E-state index < -0.39 is 39.8 Å². The molecule has 1 heterocycles. The molecule has 0 aliphatic carbocycles. The van der Waals surface area contributed by atoms with Crippen LogP contribution in [0.2, 0.25) is 0 Å². The highest BCUT2D eigenvalue weighted by atomic mass is 32.2. The number of sulfonamides is 1. The first-order valence-corrected chi connectivity index (χ1v) is 15.4. The van der Waals surface area contributed by atoms with Crippen molar-refractivity contribution in [1.29, 1.82) is 0 Å². The van der Waals surface area contributed by atoms with Crippen LogP contribution in [0.5, 0.6) is 0 Å². The largest absolute Gasteiger partial charge is 0.382 e. The van der Waals surface area contributed by atoms with Gasteiger partial charge < -0.3 is 15.7 Å². The lowest BCUT2D eigenvalue weighted by atomic mass is 9.86. The molecule has 0 unspecified atom stereocenters. The maximum Gasteiger partial charge on any atom is 0.254 e. The van der Waals surface area contributed by atoms with Crippen molar-refractivity contribution >= 4 is 21.6 Å². The van der Waals surface area contributed by atoms with Crippen LogP contribution in [0.1, 0.15) is 29.0 Å². The summed E-state index contributed by atoms with van der Waals surface area (Å²) in [7, 11) is -3.73. The van der Waals surface area contributed by atoms with Crippen molar-refractivity contribution in [1.82, 2.24) is 9.62 Å². The molecule has 1 aliphatic heterocycles. The molecule has 1 saturated heterocycles. The molecule has 42 heavy (non-hydrogen) atoms. The number of nitrogens with zero attached hydrogens (tertiary/aromatic N) is 1. The molecule has 2 atom stereocenters. The van der Waals surface area contributed by atoms with Crippen molar-refractivity contribution in [2.75, 3.05) is 25.0 Å². The number of amides is 1. The minimum atomic E-state index is -3.73. The highest BCUT2D eigenvalue weighted by molar-refractivity contribution is 7.89. The van der Waals surface area contributed by atoms with Crippen LogP contribution in [0, 0.1) is 5.82 Å². The lowest BCUT2D eigenvalue weighted by Crippen LogP contribution is -2.53. The first-order valence-electron chi connectivity index (χ1n) is 14.0. The van der Waals surface area contributed by atoms with Crippen molar-refractivity contribution in [3.05, 3.63) is 132 Å². The Kier molecular flexibility index (Phi) is 9.44. The topological polar surface area (TPSA) is 98.7 Å². The second kappa shape index (κ2) is 13.4. The highest BCUT2D eigenvalue weighted by Gasteiger charge is 2.34. The number of rotatable bonds is 10. The van der Waals surface area contributed by atoms with Crippen LogP contribution in [-0.2, 0) is 21.2 Å². The Morgan fingerprint density at radius 3 is 2.12 bits per heavy atom. The third kappa shape index (κ3) is 6.60. The second-order valence-corrected chi connectivity index (χ2v) is 12.2. The minimum absolute atomic E-state index is 0.187. The lowest BCUT2D eigenvalue weighted by Gasteiger charge is -2.35. The van der Waals surface area contributed by atoms with E-state index in [1.54, 1.807) is 36.4 Å². The van der Waals surface area contributed by atoms with E-state index in [2.05, 4.69) is 10.6 Å². The van der Waals surface area contributed by atoms with Gasteiger partial charge in [-0.15, -0.1) is 0 Å². The van der Waals surface area contributed by atoms with Gasteiger partial charge in [-0.25, -0.2) is 12.8 Å². The Morgan fingerprint density at radius 2 is 1.50 bits per heavy atom. The van der Waals surface area contributed by atoms with Gasteiger partial charge in [-0.1, -0.05) is 84.9 Å². The van der Waals surface area contributed by atoms with E-state index in [0.29, 0.717) is 26.1 Å². The number of benzene rings is 4. The van der Waals surface area contributed by atoms with Crippen molar-refractivity contribution in [3.8, 4) is 0 Å². The molecule has 218 valence electrons. The van der Waals surface area contributed by atoms with Crippen LogP contribution in [0.25, 0.3) is 0 Å². The van der Waals surface area contributed by atoms with Gasteiger partial charge >= 0.3 is 0 Å². The zero-order valence-corrected chi connectivity index (χ0v) is 23.9. The molecule has 1 fully saturated rings. The molecule has 0 bridgehead atoms. The fourth-order valence-electron chi connectivity index (χ4n) is 5.51. The van der Waals surface area contributed by atoms with Crippen LogP contribution < -0.4 is 10.6 Å². The summed E-state index contributed by atoms with van der Waals surface area (Å²) in [4.78, 5) is 13.6. The SMILES string of the molecule is O=C(Nc1cccc(F)c1CC[C@H]1CNCCN1S(=O)(=O)c1ccccc1)[C@@H](O)C(c1ccccc1)c1ccccc1. The summed E-state index contributed by atoms with van der Waals surface area (Å²) in [6.07, 6.45) is -0.922. The molecule has 7 nitrogen and oxygen atoms in total. The fraction of sp³-hybridized carbons (Fsp3) is 0.242. The first kappa shape index (κ1) is 29.6. The highest BCUT2D eigenvalue weighted by Crippen LogP contribution is 2.30. The van der Waals surface area contributed by atoms with Gasteiger partial charge in [-0.2, -0.15) is 4.31 Å². The molecular formula is C33H34FN3O4S. The molecule has 1 amide bonds. The summed E-state index contributed by atoms with van der Waals surface area (Å²) in [5.74, 6) is -1.80. The molecule has 0 saturated carbocycles. The standard InChI is InChI=1S/C33H34FN3O4S/c34-29-17-10-18-30(36-33(39)32(38)31(24-11-4-1-5-12-24)25-13-6-2-7-14-25)28(29)20-19-26-23-35-21-22-37(26)42(40,41)27-15-8-3-9-16-27/h1-18,26,31-32,35,38H,19-23H2,(H,36,39)/t26-,32-/m0/s1. The predicted octanol–water partition coefficient (Wildman–Crippen LogP) is 4.55. The second-order valence-electron chi connectivity index (χ2n) is 10.3. The molecule has 4 aromatic carbocycles. The van der Waals surface area contributed by atoms with Crippen LogP contribution >= 0.6 is 0 Å². The molecule has 9 heteroatoms. The van der Waals surface area contributed by atoms with Gasteiger partial charge in [0.25, 0.3) is 5.91 Å². The van der Waals surface area contributed by atoms with Gasteiger partial charge in [0.2, 0.25) is 10.0 Å². The maximum atomic E-state index is 15.2. The van der Waals surface area contributed by atoms with Gasteiger partial charge in [0, 0.05) is 42.8 Å². The number of halogens is 1. The third-order valence-electron chi connectivity index (χ3n) is 7.65.